The summed E-state index contributed by atoms with van der Waals surface area (Å²) in [5.74, 6) is -1.01. The number of ketones is 1. The van der Waals surface area contributed by atoms with Crippen molar-refractivity contribution in [3.8, 4) is 5.95 Å². The minimum Gasteiger partial charge on any atom is -0.379 e. The van der Waals surface area contributed by atoms with Crippen LogP contribution in [-0.2, 0) is 34.9 Å². The van der Waals surface area contributed by atoms with Gasteiger partial charge in [0, 0.05) is 60.4 Å². The average Bonchev–Trinajstić information content (AvgIpc) is 3.63. The summed E-state index contributed by atoms with van der Waals surface area (Å²) in [5.41, 5.74) is 1.63. The highest BCUT2D eigenvalue weighted by molar-refractivity contribution is 14.1. The molecule has 0 spiro atoms. The van der Waals surface area contributed by atoms with E-state index in [1.165, 1.54) is 18.2 Å². The van der Waals surface area contributed by atoms with E-state index in [0.29, 0.717) is 93.7 Å². The number of hydrogen-bond acceptors (Lipinski definition) is 13. The van der Waals surface area contributed by atoms with Gasteiger partial charge in [0.05, 0.1) is 76.9 Å². The maximum atomic E-state index is 14.7. The molecular formula is C43H48F3IN8O7. The van der Waals surface area contributed by atoms with Crippen molar-refractivity contribution in [2.24, 2.45) is 0 Å². The number of benzene rings is 3. The third-order valence-electron chi connectivity index (χ3n) is 10.4. The molecule has 19 heteroatoms. The largest absolute Gasteiger partial charge is 0.379 e. The van der Waals surface area contributed by atoms with Gasteiger partial charge in [-0.2, -0.15) is 15.0 Å². The molecule has 330 valence electrons. The quantitative estimate of drug-likeness (QED) is 0.0590. The number of aryl methyl sites for hydroxylation is 1. The summed E-state index contributed by atoms with van der Waals surface area (Å²) in [5, 5.41) is 0. The first kappa shape index (κ1) is 45.2. The number of fused-ring (bicyclic) bond motifs is 1. The van der Waals surface area contributed by atoms with Crippen molar-refractivity contribution in [2.75, 3.05) is 115 Å². The Morgan fingerprint density at radius 2 is 1.34 bits per heavy atom. The van der Waals surface area contributed by atoms with E-state index in [1.807, 2.05) is 63.2 Å². The summed E-state index contributed by atoms with van der Waals surface area (Å²) in [6, 6.07) is 14.4. The molecule has 4 heterocycles. The first-order valence-corrected chi connectivity index (χ1v) is 21.5. The van der Waals surface area contributed by atoms with Gasteiger partial charge in [-0.25, -0.2) is 18.2 Å². The molecule has 0 N–H and O–H groups in total. The van der Waals surface area contributed by atoms with Crippen LogP contribution in [0.5, 0.6) is 0 Å². The zero-order valence-electron chi connectivity index (χ0n) is 34.4. The van der Waals surface area contributed by atoms with Crippen LogP contribution in [-0.4, -0.2) is 146 Å². The van der Waals surface area contributed by atoms with Crippen LogP contribution in [0.4, 0.5) is 25.1 Å². The maximum absolute atomic E-state index is 14.7. The van der Waals surface area contributed by atoms with Crippen molar-refractivity contribution >= 4 is 57.2 Å². The van der Waals surface area contributed by atoms with Gasteiger partial charge in [-0.3, -0.25) is 14.2 Å². The van der Waals surface area contributed by atoms with Crippen LogP contribution in [0.3, 0.4) is 0 Å². The molecule has 2 fully saturated rings. The molecule has 2 aromatic heterocycles. The molecule has 0 radical (unpaired) electrons. The monoisotopic (exact) mass is 972 g/mol. The molecule has 7 rings (SSSR count). The molecule has 0 saturated carbocycles. The number of nitrogens with zero attached hydrogens (tertiary/aromatic N) is 8. The smallest absolute Gasteiger partial charge is 0.242 e. The second-order valence-corrected chi connectivity index (χ2v) is 15.8. The van der Waals surface area contributed by atoms with Crippen LogP contribution in [0.2, 0.25) is 0 Å². The van der Waals surface area contributed by atoms with E-state index in [-0.39, 0.29) is 68.5 Å². The molecule has 15 nitrogen and oxygen atoms in total. The van der Waals surface area contributed by atoms with E-state index in [1.54, 1.807) is 6.07 Å². The maximum Gasteiger partial charge on any atom is 0.242 e. The highest BCUT2D eigenvalue weighted by Crippen LogP contribution is 2.25. The number of halogens is 4. The van der Waals surface area contributed by atoms with E-state index in [0.717, 1.165) is 22.9 Å². The van der Waals surface area contributed by atoms with Crippen molar-refractivity contribution in [2.45, 2.75) is 19.8 Å². The second-order valence-electron chi connectivity index (χ2n) is 14.5. The van der Waals surface area contributed by atoms with E-state index < -0.39 is 23.2 Å². The topological polar surface area (TPSA) is 146 Å². The minimum absolute atomic E-state index is 0.0106. The predicted octanol–water partition coefficient (Wildman–Crippen LogP) is 4.96. The number of ether oxygens (including phenoxy) is 5. The number of amides is 1. The lowest BCUT2D eigenvalue weighted by Gasteiger charge is -2.35. The van der Waals surface area contributed by atoms with Gasteiger partial charge < -0.3 is 38.4 Å². The van der Waals surface area contributed by atoms with Crippen molar-refractivity contribution < 1.29 is 46.4 Å². The number of rotatable bonds is 20. The molecule has 2 aliphatic rings. The number of para-hydroxylation sites is 2. The molecule has 62 heavy (non-hydrogen) atoms. The molecular weight excluding hydrogens is 924 g/mol. The number of hydrogen-bond donors (Lipinski definition) is 0. The summed E-state index contributed by atoms with van der Waals surface area (Å²) in [7, 11) is 0. The zero-order valence-corrected chi connectivity index (χ0v) is 36.5. The normalized spacial score (nSPS) is 14.6. The SMILES string of the molecule is Cc1nc2ccccc2n1-c1nc(N2CCOCC2)nc(N2CCN(C(=O)CCOCCOCCOCCOCC(=O)c3ccc(F)c(F)c3Cc3ccc(I)cc3F)CC2)n1. The van der Waals surface area contributed by atoms with Crippen LogP contribution in [0.15, 0.2) is 54.6 Å². The van der Waals surface area contributed by atoms with Gasteiger partial charge in [0.25, 0.3) is 0 Å². The van der Waals surface area contributed by atoms with Gasteiger partial charge in [-0.05, 0) is 71.5 Å². The van der Waals surface area contributed by atoms with Crippen LogP contribution in [0.25, 0.3) is 17.0 Å². The summed E-state index contributed by atoms with van der Waals surface area (Å²) < 4.78 is 73.4. The first-order valence-electron chi connectivity index (χ1n) is 20.5. The molecule has 3 aromatic carbocycles. The summed E-state index contributed by atoms with van der Waals surface area (Å²) in [6.07, 6.45) is -0.0362. The number of Topliss-reactive ketones (excluding diaryl/α,β-unsaturated/α-hetero) is 1. The van der Waals surface area contributed by atoms with Gasteiger partial charge in [0.1, 0.15) is 18.2 Å². The van der Waals surface area contributed by atoms with Crippen LogP contribution >= 0.6 is 22.6 Å². The summed E-state index contributed by atoms with van der Waals surface area (Å²) in [6.45, 7) is 8.02. The summed E-state index contributed by atoms with van der Waals surface area (Å²) in [4.78, 5) is 51.3. The highest BCUT2D eigenvalue weighted by Gasteiger charge is 2.26. The van der Waals surface area contributed by atoms with Crippen molar-refractivity contribution in [1.82, 2.24) is 29.4 Å². The van der Waals surface area contributed by atoms with Gasteiger partial charge >= 0.3 is 0 Å². The standard InChI is InChI=1S/C43H48F3IN8O7/c1-29-48-36-4-2-3-5-37(36)55(29)43-50-41(49-42(51-43)54-15-18-59-19-16-54)53-13-11-52(12-14-53)39(57)10-17-58-20-21-60-22-23-61-24-25-62-28-38(56)32-8-9-34(44)40(46)33(32)26-30-6-7-31(47)27-35(30)45/h2-9,27H,10-26,28H2,1H3. The molecule has 0 bridgehead atoms. The Morgan fingerprint density at radius 1 is 0.710 bits per heavy atom. The number of imidazole rings is 1. The Labute approximate surface area is 370 Å². The fourth-order valence-electron chi connectivity index (χ4n) is 7.15. The van der Waals surface area contributed by atoms with E-state index in [2.05, 4.69) is 9.80 Å². The molecule has 1 amide bonds. The zero-order chi connectivity index (χ0) is 43.4. The number of carbonyl (C=O) groups is 2. The van der Waals surface area contributed by atoms with Crippen LogP contribution in [0.1, 0.15) is 33.7 Å². The number of carbonyl (C=O) groups excluding carboxylic acids is 2. The lowest BCUT2D eigenvalue weighted by molar-refractivity contribution is -0.132. The Kier molecular flexibility index (Phi) is 16.1. The number of morpholine rings is 1. The first-order chi connectivity index (χ1) is 30.2. The molecule has 2 saturated heterocycles. The van der Waals surface area contributed by atoms with Gasteiger partial charge in [0.15, 0.2) is 17.4 Å². The molecule has 2 aliphatic heterocycles. The molecule has 5 aromatic rings. The Morgan fingerprint density at radius 3 is 2.03 bits per heavy atom. The molecule has 0 unspecified atom stereocenters. The van der Waals surface area contributed by atoms with E-state index >= 15 is 0 Å². The third-order valence-corrected chi connectivity index (χ3v) is 11.1. The van der Waals surface area contributed by atoms with E-state index in [4.69, 9.17) is 43.6 Å². The lowest BCUT2D eigenvalue weighted by atomic mass is 9.96. The average molecular weight is 973 g/mol. The van der Waals surface area contributed by atoms with Crippen molar-refractivity contribution in [1.29, 1.82) is 0 Å². The Bertz CT molecular complexity index is 2330. The molecule has 0 aliphatic carbocycles. The number of piperazine rings is 1. The van der Waals surface area contributed by atoms with Crippen molar-refractivity contribution in [3.63, 3.8) is 0 Å². The minimum atomic E-state index is -1.19. The van der Waals surface area contributed by atoms with Crippen LogP contribution < -0.4 is 9.80 Å². The predicted molar refractivity (Wildman–Crippen MR) is 232 cm³/mol. The lowest BCUT2D eigenvalue weighted by Crippen LogP contribution is -2.49. The Balaban J connectivity index is 0.764. The van der Waals surface area contributed by atoms with Gasteiger partial charge in [-0.1, -0.05) is 18.2 Å². The van der Waals surface area contributed by atoms with Gasteiger partial charge in [-0.15, -0.1) is 0 Å². The fourth-order valence-corrected chi connectivity index (χ4v) is 7.60. The fraction of sp³-hybridized carbons (Fsp3) is 0.442. The van der Waals surface area contributed by atoms with Crippen LogP contribution in [0, 0.1) is 27.9 Å². The number of aromatic nitrogens is 5. The van der Waals surface area contributed by atoms with Gasteiger partial charge in [0.2, 0.25) is 23.8 Å². The third kappa shape index (κ3) is 11.6. The Hall–Kier alpha value is -4.80. The van der Waals surface area contributed by atoms with Crippen molar-refractivity contribution in [3.05, 3.63) is 98.1 Å². The molecule has 0 atom stereocenters. The highest BCUT2D eigenvalue weighted by atomic mass is 127. The second kappa shape index (κ2) is 22.0. The summed E-state index contributed by atoms with van der Waals surface area (Å²) >= 11 is 1.95. The number of anilines is 2. The van der Waals surface area contributed by atoms with E-state index in [9.17, 15) is 22.8 Å².